The number of fused-ring (bicyclic) bond motifs is 1. The average molecular weight is 429 g/mol. The number of hydrogen-bond acceptors (Lipinski definition) is 6. The molecule has 4 aromatic heterocycles. The van der Waals surface area contributed by atoms with Crippen molar-refractivity contribution in [1.82, 2.24) is 9.55 Å². The summed E-state index contributed by atoms with van der Waals surface area (Å²) in [6.07, 6.45) is 0.824. The van der Waals surface area contributed by atoms with E-state index in [0.717, 1.165) is 26.6 Å². The van der Waals surface area contributed by atoms with E-state index in [4.69, 9.17) is 14.5 Å². The van der Waals surface area contributed by atoms with E-state index in [9.17, 15) is 9.59 Å². The Morgan fingerprint density at radius 3 is 2.69 bits per heavy atom. The van der Waals surface area contributed by atoms with Gasteiger partial charge in [0, 0.05) is 21.2 Å². The molecule has 6 nitrogen and oxygen atoms in total. The highest BCUT2D eigenvalue weighted by Crippen LogP contribution is 2.39. The highest BCUT2D eigenvalue weighted by molar-refractivity contribution is 7.20. The molecule has 0 fully saturated rings. The van der Waals surface area contributed by atoms with Crippen molar-refractivity contribution in [3.05, 3.63) is 62.2 Å². The minimum absolute atomic E-state index is 0.0263. The molecule has 0 saturated carbocycles. The number of carbonyl (C=O) groups is 1. The Balaban J connectivity index is 1.96. The van der Waals surface area contributed by atoms with Crippen molar-refractivity contribution in [3.63, 3.8) is 0 Å². The number of furan rings is 1. The molecule has 0 unspecified atom stereocenters. The molecule has 0 aromatic carbocycles. The Hall–Kier alpha value is -2.71. The highest BCUT2D eigenvalue weighted by atomic mass is 32.1. The van der Waals surface area contributed by atoms with E-state index in [-0.39, 0.29) is 23.8 Å². The van der Waals surface area contributed by atoms with Crippen molar-refractivity contribution in [3.8, 4) is 10.4 Å². The quantitative estimate of drug-likeness (QED) is 0.455. The number of rotatable bonds is 6. The molecule has 1 N–H and O–H groups in total. The predicted molar refractivity (Wildman–Crippen MR) is 115 cm³/mol. The van der Waals surface area contributed by atoms with Gasteiger partial charge in [0.1, 0.15) is 16.4 Å². The lowest BCUT2D eigenvalue weighted by atomic mass is 10.1. The lowest BCUT2D eigenvalue weighted by molar-refractivity contribution is 0.0660. The molecule has 0 aliphatic carbocycles. The molecule has 0 aliphatic heterocycles. The standard InChI is InChI=1S/C21H20N2O4S2/c1-4-14-16(15-6-5-9-28-15)17-19(29-14)22-18(11(2)3)23(20(17)24)10-12-7-8-13(27-12)21(25)26/h5-9,11H,4,10H2,1-3H3,(H,25,26). The summed E-state index contributed by atoms with van der Waals surface area (Å²) in [5.74, 6) is -0.171. The molecule has 29 heavy (non-hydrogen) atoms. The van der Waals surface area contributed by atoms with Crippen molar-refractivity contribution in [2.24, 2.45) is 0 Å². The van der Waals surface area contributed by atoms with Gasteiger partial charge in [-0.25, -0.2) is 9.78 Å². The number of aromatic nitrogens is 2. The Kier molecular flexibility index (Phi) is 5.14. The third kappa shape index (κ3) is 3.42. The summed E-state index contributed by atoms with van der Waals surface area (Å²) < 4.78 is 7.01. The van der Waals surface area contributed by atoms with E-state index in [0.29, 0.717) is 17.0 Å². The van der Waals surface area contributed by atoms with Crippen LogP contribution in [0, 0.1) is 0 Å². The van der Waals surface area contributed by atoms with Crippen molar-refractivity contribution >= 4 is 38.9 Å². The van der Waals surface area contributed by atoms with Crippen molar-refractivity contribution in [1.29, 1.82) is 0 Å². The normalized spacial score (nSPS) is 11.6. The van der Waals surface area contributed by atoms with E-state index in [1.165, 1.54) is 6.07 Å². The smallest absolute Gasteiger partial charge is 0.371 e. The molecule has 0 radical (unpaired) electrons. The number of aromatic carboxylic acids is 1. The summed E-state index contributed by atoms with van der Waals surface area (Å²) in [5.41, 5.74) is 0.848. The zero-order valence-electron chi connectivity index (χ0n) is 16.3. The lowest BCUT2D eigenvalue weighted by Gasteiger charge is -2.14. The maximum absolute atomic E-state index is 13.6. The maximum Gasteiger partial charge on any atom is 0.371 e. The van der Waals surface area contributed by atoms with E-state index in [2.05, 4.69) is 6.92 Å². The first-order valence-electron chi connectivity index (χ1n) is 9.32. The van der Waals surface area contributed by atoms with Crippen molar-refractivity contribution in [2.75, 3.05) is 0 Å². The third-order valence-electron chi connectivity index (χ3n) is 4.71. The van der Waals surface area contributed by atoms with Gasteiger partial charge >= 0.3 is 5.97 Å². The van der Waals surface area contributed by atoms with Gasteiger partial charge in [0.05, 0.1) is 11.9 Å². The highest BCUT2D eigenvalue weighted by Gasteiger charge is 2.23. The molecular formula is C21H20N2O4S2. The zero-order valence-corrected chi connectivity index (χ0v) is 17.9. The Labute approximate surface area is 175 Å². The predicted octanol–water partition coefficient (Wildman–Crippen LogP) is 5.21. The molecule has 0 saturated heterocycles. The second-order valence-corrected chi connectivity index (χ2v) is 9.03. The zero-order chi connectivity index (χ0) is 20.7. The van der Waals surface area contributed by atoms with Gasteiger partial charge in [-0.05, 0) is 30.0 Å². The van der Waals surface area contributed by atoms with Gasteiger partial charge in [-0.3, -0.25) is 9.36 Å². The van der Waals surface area contributed by atoms with E-state index in [1.54, 1.807) is 33.3 Å². The molecule has 4 heterocycles. The van der Waals surface area contributed by atoms with Crippen LogP contribution in [0.4, 0.5) is 0 Å². The fourth-order valence-electron chi connectivity index (χ4n) is 3.40. The molecule has 4 rings (SSSR count). The van der Waals surface area contributed by atoms with Crippen LogP contribution in [-0.4, -0.2) is 20.6 Å². The summed E-state index contributed by atoms with van der Waals surface area (Å²) in [5, 5.41) is 11.7. The fraction of sp³-hybridized carbons (Fsp3) is 0.286. The maximum atomic E-state index is 13.6. The Bertz CT molecular complexity index is 1250. The van der Waals surface area contributed by atoms with Crippen molar-refractivity contribution in [2.45, 2.75) is 39.7 Å². The summed E-state index contributed by atoms with van der Waals surface area (Å²) in [6, 6.07) is 7.00. The van der Waals surface area contributed by atoms with Crippen LogP contribution >= 0.6 is 22.7 Å². The van der Waals surface area contributed by atoms with Crippen LogP contribution in [0.3, 0.4) is 0 Å². The Morgan fingerprint density at radius 2 is 2.10 bits per heavy atom. The van der Waals surface area contributed by atoms with Crippen LogP contribution < -0.4 is 5.56 Å². The first-order chi connectivity index (χ1) is 13.9. The van der Waals surface area contributed by atoms with Crippen LogP contribution in [-0.2, 0) is 13.0 Å². The largest absolute Gasteiger partial charge is 0.475 e. The van der Waals surface area contributed by atoms with E-state index in [1.807, 2.05) is 31.4 Å². The molecule has 150 valence electrons. The van der Waals surface area contributed by atoms with E-state index < -0.39 is 5.97 Å². The average Bonchev–Trinajstić information content (AvgIpc) is 3.42. The van der Waals surface area contributed by atoms with Gasteiger partial charge in [0.15, 0.2) is 0 Å². The SMILES string of the molecule is CCc1sc2nc(C(C)C)n(Cc3ccc(C(=O)O)o3)c(=O)c2c1-c1cccs1. The van der Waals surface area contributed by atoms with Crippen LogP contribution in [0.5, 0.6) is 0 Å². The molecule has 0 aliphatic rings. The van der Waals surface area contributed by atoms with Gasteiger partial charge in [0.2, 0.25) is 5.76 Å². The van der Waals surface area contributed by atoms with Gasteiger partial charge in [-0.15, -0.1) is 22.7 Å². The van der Waals surface area contributed by atoms with Gasteiger partial charge in [-0.1, -0.05) is 26.8 Å². The van der Waals surface area contributed by atoms with Gasteiger partial charge in [0.25, 0.3) is 5.56 Å². The topological polar surface area (TPSA) is 85.3 Å². The first kappa shape index (κ1) is 19.6. The molecule has 0 spiro atoms. The van der Waals surface area contributed by atoms with Crippen LogP contribution in [0.15, 0.2) is 38.9 Å². The summed E-state index contributed by atoms with van der Waals surface area (Å²) in [6.45, 7) is 6.20. The van der Waals surface area contributed by atoms with Gasteiger partial charge in [-0.2, -0.15) is 0 Å². The monoisotopic (exact) mass is 428 g/mol. The molecule has 8 heteroatoms. The molecular weight excluding hydrogens is 408 g/mol. The summed E-state index contributed by atoms with van der Waals surface area (Å²) in [7, 11) is 0. The number of carboxylic acid groups (broad SMARTS) is 1. The molecule has 0 bridgehead atoms. The minimum atomic E-state index is -1.13. The van der Waals surface area contributed by atoms with Crippen LogP contribution in [0.25, 0.3) is 20.7 Å². The number of hydrogen-bond donors (Lipinski definition) is 1. The molecule has 0 atom stereocenters. The van der Waals surface area contributed by atoms with Crippen LogP contribution in [0.1, 0.15) is 53.7 Å². The summed E-state index contributed by atoms with van der Waals surface area (Å²) in [4.78, 5) is 32.5. The minimum Gasteiger partial charge on any atom is -0.475 e. The first-order valence-corrected chi connectivity index (χ1v) is 11.0. The Morgan fingerprint density at radius 1 is 1.31 bits per heavy atom. The second-order valence-electron chi connectivity index (χ2n) is 7.00. The van der Waals surface area contributed by atoms with Gasteiger partial charge < -0.3 is 9.52 Å². The number of carboxylic acids is 1. The lowest BCUT2D eigenvalue weighted by Crippen LogP contribution is -2.26. The molecule has 0 amide bonds. The van der Waals surface area contributed by atoms with E-state index >= 15 is 0 Å². The second kappa shape index (κ2) is 7.61. The number of nitrogens with zero attached hydrogens (tertiary/aromatic N) is 2. The molecule has 4 aromatic rings. The fourth-order valence-corrected chi connectivity index (χ4v) is 5.39. The number of thiophene rings is 2. The summed E-state index contributed by atoms with van der Waals surface area (Å²) >= 11 is 3.18. The van der Waals surface area contributed by atoms with Crippen LogP contribution in [0.2, 0.25) is 0 Å². The van der Waals surface area contributed by atoms with Crippen molar-refractivity contribution < 1.29 is 14.3 Å². The number of aryl methyl sites for hydroxylation is 1. The third-order valence-corrected chi connectivity index (χ3v) is 6.82.